The predicted molar refractivity (Wildman–Crippen MR) is 73.0 cm³/mol. The molecule has 1 aliphatic heterocycles. The topological polar surface area (TPSA) is 15.3 Å². The largest absolute Gasteiger partial charge is 0.316 e. The van der Waals surface area contributed by atoms with Crippen molar-refractivity contribution in [2.75, 3.05) is 20.1 Å². The van der Waals surface area contributed by atoms with E-state index in [-0.39, 0.29) is 6.04 Å². The molecule has 0 saturated carbocycles. The molecule has 106 valence electrons. The molecule has 0 aromatic heterocycles. The van der Waals surface area contributed by atoms with Crippen molar-refractivity contribution in [2.24, 2.45) is 0 Å². The van der Waals surface area contributed by atoms with Gasteiger partial charge in [-0.15, -0.1) is 0 Å². The Morgan fingerprint density at radius 1 is 1.42 bits per heavy atom. The van der Waals surface area contributed by atoms with Gasteiger partial charge in [0, 0.05) is 30.3 Å². The number of rotatable bonds is 4. The summed E-state index contributed by atoms with van der Waals surface area (Å²) < 4.78 is 26.9. The Morgan fingerprint density at radius 2 is 2.21 bits per heavy atom. The molecule has 2 nitrogen and oxygen atoms in total. The molecule has 1 aromatic carbocycles. The highest BCUT2D eigenvalue weighted by atomic mass is 19.1. The molecule has 0 spiro atoms. The molecule has 0 bridgehead atoms. The van der Waals surface area contributed by atoms with Gasteiger partial charge in [-0.3, -0.25) is 4.90 Å². The molecule has 4 heteroatoms. The van der Waals surface area contributed by atoms with Crippen LogP contribution in [0.1, 0.15) is 37.8 Å². The van der Waals surface area contributed by atoms with E-state index in [1.165, 1.54) is 6.07 Å². The highest BCUT2D eigenvalue weighted by molar-refractivity contribution is 5.22. The number of likely N-dealkylation sites (N-methyl/N-ethyl adjacent to an activating group) is 1. The van der Waals surface area contributed by atoms with Crippen LogP contribution in [-0.4, -0.2) is 31.1 Å². The Labute approximate surface area is 113 Å². The quantitative estimate of drug-likeness (QED) is 0.902. The third-order valence-electron chi connectivity index (χ3n) is 4.01. The molecule has 1 aromatic rings. The smallest absolute Gasteiger partial charge is 0.130 e. The first-order valence-corrected chi connectivity index (χ1v) is 7.02. The molecule has 1 heterocycles. The van der Waals surface area contributed by atoms with Crippen LogP contribution < -0.4 is 5.32 Å². The second kappa shape index (κ2) is 6.44. The Hall–Kier alpha value is -1.00. The van der Waals surface area contributed by atoms with Gasteiger partial charge in [-0.2, -0.15) is 0 Å². The van der Waals surface area contributed by atoms with Gasteiger partial charge in [0.2, 0.25) is 0 Å². The maximum absolute atomic E-state index is 13.9. The minimum Gasteiger partial charge on any atom is -0.316 e. The first kappa shape index (κ1) is 14.4. The third-order valence-corrected chi connectivity index (χ3v) is 4.01. The molecule has 1 fully saturated rings. The SMILES string of the molecule is CCC(c1ccc(F)cc1F)N1CCCC(NC)C1. The summed E-state index contributed by atoms with van der Waals surface area (Å²) in [5.41, 5.74) is 0.612. The summed E-state index contributed by atoms with van der Waals surface area (Å²) in [5.74, 6) is -0.943. The summed E-state index contributed by atoms with van der Waals surface area (Å²) in [5, 5.41) is 3.29. The molecule has 0 aliphatic carbocycles. The van der Waals surface area contributed by atoms with Crippen molar-refractivity contribution in [1.82, 2.24) is 10.2 Å². The summed E-state index contributed by atoms with van der Waals surface area (Å²) >= 11 is 0. The lowest BCUT2D eigenvalue weighted by Crippen LogP contribution is -2.45. The normalized spacial score (nSPS) is 22.4. The second-order valence-electron chi connectivity index (χ2n) is 5.21. The van der Waals surface area contributed by atoms with Gasteiger partial charge in [0.25, 0.3) is 0 Å². The predicted octanol–water partition coefficient (Wildman–Crippen LogP) is 3.10. The van der Waals surface area contributed by atoms with E-state index in [0.29, 0.717) is 11.6 Å². The van der Waals surface area contributed by atoms with E-state index in [1.807, 2.05) is 7.05 Å². The zero-order valence-electron chi connectivity index (χ0n) is 11.6. The molecule has 1 saturated heterocycles. The minimum atomic E-state index is -0.511. The van der Waals surface area contributed by atoms with Gasteiger partial charge in [-0.25, -0.2) is 8.78 Å². The molecule has 2 rings (SSSR count). The fourth-order valence-electron chi connectivity index (χ4n) is 2.97. The second-order valence-corrected chi connectivity index (χ2v) is 5.21. The lowest BCUT2D eigenvalue weighted by atomic mass is 9.97. The van der Waals surface area contributed by atoms with Crippen molar-refractivity contribution >= 4 is 0 Å². The minimum absolute atomic E-state index is 0.0387. The molecule has 0 amide bonds. The Kier molecular flexibility index (Phi) is 4.88. The average Bonchev–Trinajstić information content (AvgIpc) is 2.42. The monoisotopic (exact) mass is 268 g/mol. The van der Waals surface area contributed by atoms with Crippen LogP contribution in [0, 0.1) is 11.6 Å². The molecular weight excluding hydrogens is 246 g/mol. The van der Waals surface area contributed by atoms with Crippen LogP contribution in [0.4, 0.5) is 8.78 Å². The molecule has 2 atom stereocenters. The molecule has 1 aliphatic rings. The van der Waals surface area contributed by atoms with Gasteiger partial charge < -0.3 is 5.32 Å². The summed E-state index contributed by atoms with van der Waals surface area (Å²) in [4.78, 5) is 2.31. The third kappa shape index (κ3) is 3.31. The molecular formula is C15H22F2N2. The summed E-state index contributed by atoms with van der Waals surface area (Å²) in [6.45, 7) is 3.95. The van der Waals surface area contributed by atoms with Crippen LogP contribution in [0.5, 0.6) is 0 Å². The van der Waals surface area contributed by atoms with Crippen molar-refractivity contribution in [2.45, 2.75) is 38.3 Å². The van der Waals surface area contributed by atoms with Crippen molar-refractivity contribution in [3.8, 4) is 0 Å². The maximum Gasteiger partial charge on any atom is 0.130 e. The Bertz CT molecular complexity index is 423. The summed E-state index contributed by atoms with van der Waals surface area (Å²) in [6, 6.07) is 4.42. The number of hydrogen-bond donors (Lipinski definition) is 1. The standard InChI is InChI=1S/C15H22F2N2/c1-3-15(13-7-6-11(16)9-14(13)17)19-8-4-5-12(10-19)18-2/h6-7,9,12,15,18H,3-5,8,10H2,1-2H3. The van der Waals surface area contributed by atoms with Crippen molar-refractivity contribution in [3.05, 3.63) is 35.4 Å². The van der Waals surface area contributed by atoms with Gasteiger partial charge in [0.15, 0.2) is 0 Å². The van der Waals surface area contributed by atoms with E-state index < -0.39 is 11.6 Å². The van der Waals surface area contributed by atoms with E-state index in [0.717, 1.165) is 38.4 Å². The van der Waals surface area contributed by atoms with Crippen LogP contribution in [0.15, 0.2) is 18.2 Å². The van der Waals surface area contributed by atoms with Gasteiger partial charge in [0.1, 0.15) is 11.6 Å². The zero-order chi connectivity index (χ0) is 13.8. The number of nitrogens with one attached hydrogen (secondary N) is 1. The number of halogens is 2. The lowest BCUT2D eigenvalue weighted by molar-refractivity contribution is 0.133. The highest BCUT2D eigenvalue weighted by Crippen LogP contribution is 2.29. The van der Waals surface area contributed by atoms with Gasteiger partial charge in [-0.05, 0) is 38.9 Å². The highest BCUT2D eigenvalue weighted by Gasteiger charge is 2.26. The van der Waals surface area contributed by atoms with Crippen LogP contribution in [-0.2, 0) is 0 Å². The number of hydrogen-bond acceptors (Lipinski definition) is 2. The van der Waals surface area contributed by atoms with Crippen LogP contribution in [0.2, 0.25) is 0 Å². The van der Waals surface area contributed by atoms with Gasteiger partial charge in [-0.1, -0.05) is 13.0 Å². The fraction of sp³-hybridized carbons (Fsp3) is 0.600. The van der Waals surface area contributed by atoms with E-state index in [2.05, 4.69) is 17.1 Å². The van der Waals surface area contributed by atoms with Crippen molar-refractivity contribution in [1.29, 1.82) is 0 Å². The molecule has 2 unspecified atom stereocenters. The number of nitrogens with zero attached hydrogens (tertiary/aromatic N) is 1. The van der Waals surface area contributed by atoms with Crippen molar-refractivity contribution < 1.29 is 8.78 Å². The van der Waals surface area contributed by atoms with Gasteiger partial charge in [0.05, 0.1) is 0 Å². The van der Waals surface area contributed by atoms with Crippen molar-refractivity contribution in [3.63, 3.8) is 0 Å². The molecule has 0 radical (unpaired) electrons. The first-order chi connectivity index (χ1) is 9.15. The molecule has 19 heavy (non-hydrogen) atoms. The Balaban J connectivity index is 2.19. The number of likely N-dealkylation sites (tertiary alicyclic amines) is 1. The van der Waals surface area contributed by atoms with Crippen LogP contribution >= 0.6 is 0 Å². The van der Waals surface area contributed by atoms with E-state index in [9.17, 15) is 8.78 Å². The number of benzene rings is 1. The van der Waals surface area contributed by atoms with E-state index in [1.54, 1.807) is 6.07 Å². The lowest BCUT2D eigenvalue weighted by Gasteiger charge is -2.38. The van der Waals surface area contributed by atoms with Gasteiger partial charge >= 0.3 is 0 Å². The van der Waals surface area contributed by atoms with E-state index >= 15 is 0 Å². The summed E-state index contributed by atoms with van der Waals surface area (Å²) in [7, 11) is 1.97. The summed E-state index contributed by atoms with van der Waals surface area (Å²) in [6.07, 6.45) is 3.11. The fourth-order valence-corrected chi connectivity index (χ4v) is 2.97. The zero-order valence-corrected chi connectivity index (χ0v) is 11.6. The Morgan fingerprint density at radius 3 is 2.84 bits per heavy atom. The first-order valence-electron chi connectivity index (χ1n) is 7.02. The number of piperidine rings is 1. The average molecular weight is 268 g/mol. The van der Waals surface area contributed by atoms with Crippen LogP contribution in [0.25, 0.3) is 0 Å². The van der Waals surface area contributed by atoms with E-state index in [4.69, 9.17) is 0 Å². The van der Waals surface area contributed by atoms with Crippen LogP contribution in [0.3, 0.4) is 0 Å². The maximum atomic E-state index is 13.9. The molecule has 1 N–H and O–H groups in total.